The van der Waals surface area contributed by atoms with Crippen LogP contribution >= 0.6 is 0 Å². The van der Waals surface area contributed by atoms with Crippen LogP contribution in [0.15, 0.2) is 24.3 Å². The molecule has 1 rings (SSSR count). The molecule has 1 aromatic carbocycles. The number of ether oxygens (including phenoxy) is 2. The smallest absolute Gasteiger partial charge is 0.307 e. The fourth-order valence-electron chi connectivity index (χ4n) is 1.83. The second-order valence-electron chi connectivity index (χ2n) is 4.47. The summed E-state index contributed by atoms with van der Waals surface area (Å²) < 4.78 is 10.2. The van der Waals surface area contributed by atoms with E-state index < -0.39 is 5.97 Å². The summed E-state index contributed by atoms with van der Waals surface area (Å²) in [6, 6.07) is 7.61. The van der Waals surface area contributed by atoms with Crippen molar-refractivity contribution in [1.82, 2.24) is 5.32 Å². The van der Waals surface area contributed by atoms with Crippen LogP contribution in [0.5, 0.6) is 0 Å². The maximum atomic E-state index is 10.8. The molecule has 0 saturated carbocycles. The molecule has 0 aliphatic carbocycles. The van der Waals surface area contributed by atoms with Crippen molar-refractivity contribution >= 4 is 5.97 Å². The summed E-state index contributed by atoms with van der Waals surface area (Å²) in [7, 11) is 1.65. The predicted octanol–water partition coefficient (Wildman–Crippen LogP) is 1.46. The average molecular weight is 281 g/mol. The number of carboxylic acids is 1. The van der Waals surface area contributed by atoms with Crippen LogP contribution in [0.4, 0.5) is 0 Å². The van der Waals surface area contributed by atoms with E-state index in [4.69, 9.17) is 14.6 Å². The Labute approximate surface area is 119 Å². The van der Waals surface area contributed by atoms with E-state index in [1.807, 2.05) is 24.3 Å². The fraction of sp³-hybridized carbons (Fsp3) is 0.533. The van der Waals surface area contributed by atoms with E-state index in [2.05, 4.69) is 5.32 Å². The van der Waals surface area contributed by atoms with Gasteiger partial charge in [-0.1, -0.05) is 24.3 Å². The Kier molecular flexibility index (Phi) is 8.62. The van der Waals surface area contributed by atoms with E-state index in [0.29, 0.717) is 26.4 Å². The highest BCUT2D eigenvalue weighted by Crippen LogP contribution is 2.09. The minimum Gasteiger partial charge on any atom is -0.481 e. The molecule has 0 radical (unpaired) electrons. The van der Waals surface area contributed by atoms with Crippen molar-refractivity contribution in [3.63, 3.8) is 0 Å². The number of nitrogens with one attached hydrogen (secondary N) is 1. The highest BCUT2D eigenvalue weighted by molar-refractivity contribution is 5.70. The molecule has 0 spiro atoms. The Morgan fingerprint density at radius 3 is 2.65 bits per heavy atom. The van der Waals surface area contributed by atoms with Gasteiger partial charge >= 0.3 is 5.97 Å². The van der Waals surface area contributed by atoms with Crippen LogP contribution in [0, 0.1) is 0 Å². The van der Waals surface area contributed by atoms with Crippen LogP contribution in [0.25, 0.3) is 0 Å². The van der Waals surface area contributed by atoms with Crippen molar-refractivity contribution in [2.45, 2.75) is 19.4 Å². The molecular weight excluding hydrogens is 258 g/mol. The molecule has 0 heterocycles. The lowest BCUT2D eigenvalue weighted by molar-refractivity contribution is -0.136. The van der Waals surface area contributed by atoms with Crippen molar-refractivity contribution in [3.8, 4) is 0 Å². The van der Waals surface area contributed by atoms with E-state index in [1.165, 1.54) is 0 Å². The van der Waals surface area contributed by atoms with Gasteiger partial charge < -0.3 is 19.9 Å². The quantitative estimate of drug-likeness (QED) is 0.601. The van der Waals surface area contributed by atoms with Gasteiger partial charge in [0.1, 0.15) is 0 Å². The average Bonchev–Trinajstić information content (AvgIpc) is 2.43. The van der Waals surface area contributed by atoms with E-state index in [0.717, 1.165) is 24.1 Å². The topological polar surface area (TPSA) is 67.8 Å². The molecule has 0 atom stereocenters. The maximum absolute atomic E-state index is 10.8. The van der Waals surface area contributed by atoms with Gasteiger partial charge in [0.25, 0.3) is 0 Å². The van der Waals surface area contributed by atoms with Crippen LogP contribution in [0.3, 0.4) is 0 Å². The lowest BCUT2D eigenvalue weighted by Gasteiger charge is -2.09. The third-order valence-electron chi connectivity index (χ3n) is 2.85. The first-order valence-electron chi connectivity index (χ1n) is 6.80. The highest BCUT2D eigenvalue weighted by Gasteiger charge is 2.05. The van der Waals surface area contributed by atoms with Crippen LogP contribution < -0.4 is 5.32 Å². The number of carbonyl (C=O) groups is 1. The van der Waals surface area contributed by atoms with Crippen molar-refractivity contribution in [2.75, 3.05) is 33.5 Å². The van der Waals surface area contributed by atoms with Gasteiger partial charge in [0.05, 0.1) is 19.6 Å². The molecular formula is C15H23NO4. The van der Waals surface area contributed by atoms with Crippen LogP contribution in [0.2, 0.25) is 0 Å². The molecule has 0 aromatic heterocycles. The van der Waals surface area contributed by atoms with Crippen molar-refractivity contribution in [2.24, 2.45) is 0 Å². The third-order valence-corrected chi connectivity index (χ3v) is 2.85. The zero-order valence-corrected chi connectivity index (χ0v) is 11.9. The zero-order valence-electron chi connectivity index (χ0n) is 11.9. The molecule has 0 fully saturated rings. The molecule has 0 unspecified atom stereocenters. The van der Waals surface area contributed by atoms with Gasteiger partial charge in [-0.15, -0.1) is 0 Å². The van der Waals surface area contributed by atoms with E-state index in [-0.39, 0.29) is 6.42 Å². The molecule has 112 valence electrons. The summed E-state index contributed by atoms with van der Waals surface area (Å²) in [5, 5.41) is 12.2. The molecule has 20 heavy (non-hydrogen) atoms. The second-order valence-corrected chi connectivity index (χ2v) is 4.47. The summed E-state index contributed by atoms with van der Waals surface area (Å²) in [5.74, 6) is -0.802. The van der Waals surface area contributed by atoms with Gasteiger partial charge in [-0.05, 0) is 24.1 Å². The Morgan fingerprint density at radius 2 is 1.95 bits per heavy atom. The Bertz CT molecular complexity index is 395. The fourth-order valence-corrected chi connectivity index (χ4v) is 1.83. The summed E-state index contributed by atoms with van der Waals surface area (Å²) in [6.07, 6.45) is 0.989. The van der Waals surface area contributed by atoms with E-state index >= 15 is 0 Å². The predicted molar refractivity (Wildman–Crippen MR) is 76.8 cm³/mol. The molecule has 0 amide bonds. The molecule has 2 N–H and O–H groups in total. The Balaban J connectivity index is 2.20. The lowest BCUT2D eigenvalue weighted by atomic mass is 10.0. The number of benzene rings is 1. The third kappa shape index (κ3) is 7.23. The minimum atomic E-state index is -0.802. The number of aliphatic carboxylic acids is 1. The van der Waals surface area contributed by atoms with Crippen molar-refractivity contribution in [1.29, 1.82) is 0 Å². The zero-order chi connectivity index (χ0) is 14.6. The second kappa shape index (κ2) is 10.4. The minimum absolute atomic E-state index is 0.0674. The normalized spacial score (nSPS) is 10.7. The maximum Gasteiger partial charge on any atom is 0.307 e. The number of rotatable bonds is 11. The van der Waals surface area contributed by atoms with Gasteiger partial charge in [0.15, 0.2) is 0 Å². The SMILES string of the molecule is COCCOCCCNCc1ccccc1CC(=O)O. The summed E-state index contributed by atoms with van der Waals surface area (Å²) in [6.45, 7) is 3.47. The summed E-state index contributed by atoms with van der Waals surface area (Å²) in [4.78, 5) is 10.8. The van der Waals surface area contributed by atoms with E-state index in [1.54, 1.807) is 7.11 Å². The van der Waals surface area contributed by atoms with Crippen LogP contribution in [-0.2, 0) is 27.2 Å². The van der Waals surface area contributed by atoms with Gasteiger partial charge in [0.2, 0.25) is 0 Å². The monoisotopic (exact) mass is 281 g/mol. The molecule has 0 saturated heterocycles. The first-order valence-corrected chi connectivity index (χ1v) is 6.80. The number of methoxy groups -OCH3 is 1. The van der Waals surface area contributed by atoms with Gasteiger partial charge in [-0.2, -0.15) is 0 Å². The Morgan fingerprint density at radius 1 is 1.20 bits per heavy atom. The van der Waals surface area contributed by atoms with Crippen molar-refractivity contribution in [3.05, 3.63) is 35.4 Å². The largest absolute Gasteiger partial charge is 0.481 e. The van der Waals surface area contributed by atoms with Gasteiger partial charge in [0, 0.05) is 20.3 Å². The van der Waals surface area contributed by atoms with Crippen LogP contribution in [0.1, 0.15) is 17.5 Å². The Hall–Kier alpha value is -1.43. The first kappa shape index (κ1) is 16.6. The van der Waals surface area contributed by atoms with Crippen molar-refractivity contribution < 1.29 is 19.4 Å². The highest BCUT2D eigenvalue weighted by atomic mass is 16.5. The molecule has 0 bridgehead atoms. The molecule has 5 heteroatoms. The molecule has 5 nitrogen and oxygen atoms in total. The first-order chi connectivity index (χ1) is 9.74. The molecule has 0 aliphatic rings. The standard InChI is InChI=1S/C15H23NO4/c1-19-9-10-20-8-4-7-16-12-14-6-3-2-5-13(14)11-15(17)18/h2-3,5-6,16H,4,7-12H2,1H3,(H,17,18). The summed E-state index contributed by atoms with van der Waals surface area (Å²) >= 11 is 0. The number of carboxylic acid groups (broad SMARTS) is 1. The van der Waals surface area contributed by atoms with Gasteiger partial charge in [-0.25, -0.2) is 0 Å². The molecule has 0 aliphatic heterocycles. The number of hydrogen-bond donors (Lipinski definition) is 2. The van der Waals surface area contributed by atoms with E-state index in [9.17, 15) is 4.79 Å². The molecule has 1 aromatic rings. The summed E-state index contributed by atoms with van der Waals surface area (Å²) in [5.41, 5.74) is 1.90. The van der Waals surface area contributed by atoms with Crippen LogP contribution in [-0.4, -0.2) is 44.6 Å². The number of hydrogen-bond acceptors (Lipinski definition) is 4. The van der Waals surface area contributed by atoms with Gasteiger partial charge in [-0.3, -0.25) is 4.79 Å². The lowest BCUT2D eigenvalue weighted by Crippen LogP contribution is -2.18.